The average molecular weight is 208 g/mol. The van der Waals surface area contributed by atoms with E-state index in [9.17, 15) is 9.90 Å². The van der Waals surface area contributed by atoms with Crippen molar-refractivity contribution < 1.29 is 19.4 Å². The van der Waals surface area contributed by atoms with Gasteiger partial charge in [-0.05, 0) is 6.92 Å². The van der Waals surface area contributed by atoms with Gasteiger partial charge in [-0.1, -0.05) is 30.3 Å². The highest BCUT2D eigenvalue weighted by Crippen LogP contribution is 2.34. The molecule has 0 spiro atoms. The molecule has 1 aromatic carbocycles. The molecule has 1 aliphatic rings. The zero-order valence-corrected chi connectivity index (χ0v) is 8.34. The highest BCUT2D eigenvalue weighted by molar-refractivity contribution is 5.78. The molecule has 0 saturated carbocycles. The van der Waals surface area contributed by atoms with Gasteiger partial charge in [-0.2, -0.15) is 0 Å². The Bertz CT molecular complexity index is 362. The third-order valence-corrected chi connectivity index (χ3v) is 2.32. The highest BCUT2D eigenvalue weighted by atomic mass is 16.8. The number of aliphatic carboxylic acids is 1. The Kier molecular flexibility index (Phi) is 2.46. The molecule has 1 N–H and O–H groups in total. The van der Waals surface area contributed by atoms with Crippen LogP contribution in [0.4, 0.5) is 0 Å². The molecule has 1 fully saturated rings. The van der Waals surface area contributed by atoms with Gasteiger partial charge in [-0.25, -0.2) is 4.79 Å². The lowest BCUT2D eigenvalue weighted by molar-refractivity contribution is -0.209. The molecule has 0 radical (unpaired) electrons. The number of carboxylic acid groups (broad SMARTS) is 1. The molecule has 0 bridgehead atoms. The van der Waals surface area contributed by atoms with Crippen molar-refractivity contribution in [2.24, 2.45) is 0 Å². The van der Waals surface area contributed by atoms with Crippen molar-refractivity contribution in [3.8, 4) is 0 Å². The van der Waals surface area contributed by atoms with Crippen molar-refractivity contribution in [2.45, 2.75) is 18.8 Å². The third kappa shape index (κ3) is 1.62. The maximum Gasteiger partial charge on any atom is 0.369 e. The van der Waals surface area contributed by atoms with Crippen molar-refractivity contribution in [3.05, 3.63) is 35.9 Å². The molecule has 1 saturated heterocycles. The minimum Gasteiger partial charge on any atom is -0.477 e. The molecule has 0 amide bonds. The van der Waals surface area contributed by atoms with Crippen molar-refractivity contribution in [3.63, 3.8) is 0 Å². The Labute approximate surface area is 87.4 Å². The summed E-state index contributed by atoms with van der Waals surface area (Å²) >= 11 is 0. The van der Waals surface area contributed by atoms with Crippen LogP contribution in [0.2, 0.25) is 0 Å². The van der Waals surface area contributed by atoms with Gasteiger partial charge < -0.3 is 14.6 Å². The highest BCUT2D eigenvalue weighted by Gasteiger charge is 2.49. The van der Waals surface area contributed by atoms with Gasteiger partial charge >= 0.3 is 5.97 Å². The first-order valence-electron chi connectivity index (χ1n) is 4.76. The fourth-order valence-electron chi connectivity index (χ4n) is 1.63. The molecule has 1 aliphatic heterocycles. The van der Waals surface area contributed by atoms with E-state index in [2.05, 4.69) is 0 Å². The maximum atomic E-state index is 11.2. The molecule has 0 aliphatic carbocycles. The van der Waals surface area contributed by atoms with Crippen LogP contribution in [-0.2, 0) is 20.1 Å². The minimum absolute atomic E-state index is 0.207. The van der Waals surface area contributed by atoms with Crippen molar-refractivity contribution in [1.82, 2.24) is 0 Å². The summed E-state index contributed by atoms with van der Waals surface area (Å²) in [5, 5.41) is 9.18. The largest absolute Gasteiger partial charge is 0.477 e. The monoisotopic (exact) mass is 208 g/mol. The standard InChI is InChI=1S/C11H12O4/c1-8-7-14-11(15-8,10(12)13)9-5-3-2-4-6-9/h2-6,8H,7H2,1H3,(H,12,13)/t8-,11+/m0/s1. The lowest BCUT2D eigenvalue weighted by Crippen LogP contribution is -2.37. The van der Waals surface area contributed by atoms with Crippen molar-refractivity contribution in [2.75, 3.05) is 6.61 Å². The van der Waals surface area contributed by atoms with Crippen molar-refractivity contribution >= 4 is 5.97 Å². The average Bonchev–Trinajstić information content (AvgIpc) is 2.63. The van der Waals surface area contributed by atoms with Gasteiger partial charge in [0, 0.05) is 5.56 Å². The molecule has 4 heteroatoms. The first kappa shape index (κ1) is 10.1. The first-order chi connectivity index (χ1) is 7.15. The van der Waals surface area contributed by atoms with Crippen LogP contribution < -0.4 is 0 Å². The Balaban J connectivity index is 2.41. The molecule has 0 aromatic heterocycles. The van der Waals surface area contributed by atoms with Crippen LogP contribution in [0, 0.1) is 0 Å². The summed E-state index contributed by atoms with van der Waals surface area (Å²) < 4.78 is 10.7. The second kappa shape index (κ2) is 3.64. The summed E-state index contributed by atoms with van der Waals surface area (Å²) in [5.74, 6) is -2.74. The van der Waals surface area contributed by atoms with Gasteiger partial charge in [0.1, 0.15) is 0 Å². The summed E-state index contributed by atoms with van der Waals surface area (Å²) in [4.78, 5) is 11.2. The van der Waals surface area contributed by atoms with Crippen LogP contribution >= 0.6 is 0 Å². The molecule has 80 valence electrons. The molecule has 4 nitrogen and oxygen atoms in total. The Hall–Kier alpha value is -1.39. The normalized spacial score (nSPS) is 30.3. The summed E-state index contributed by atoms with van der Waals surface area (Å²) in [5.41, 5.74) is 0.516. The molecule has 1 heterocycles. The first-order valence-corrected chi connectivity index (χ1v) is 4.76. The Morgan fingerprint density at radius 3 is 2.60 bits per heavy atom. The van der Waals surface area contributed by atoms with Crippen LogP contribution in [0.3, 0.4) is 0 Å². The Morgan fingerprint density at radius 2 is 2.13 bits per heavy atom. The molecule has 2 atom stereocenters. The smallest absolute Gasteiger partial charge is 0.369 e. The van der Waals surface area contributed by atoms with Gasteiger partial charge in [0.25, 0.3) is 5.79 Å². The van der Waals surface area contributed by atoms with E-state index >= 15 is 0 Å². The van der Waals surface area contributed by atoms with Crippen LogP contribution in [0.1, 0.15) is 12.5 Å². The molecule has 1 aromatic rings. The number of rotatable bonds is 2. The quantitative estimate of drug-likeness (QED) is 0.797. The third-order valence-electron chi connectivity index (χ3n) is 2.32. The summed E-state index contributed by atoms with van der Waals surface area (Å²) in [6.07, 6.45) is -0.207. The van der Waals surface area contributed by atoms with Gasteiger partial charge in [-0.15, -0.1) is 0 Å². The van der Waals surface area contributed by atoms with E-state index in [1.165, 1.54) is 0 Å². The van der Waals surface area contributed by atoms with Gasteiger partial charge in [0.15, 0.2) is 0 Å². The zero-order valence-electron chi connectivity index (χ0n) is 8.34. The van der Waals surface area contributed by atoms with Gasteiger partial charge in [0.2, 0.25) is 0 Å². The number of carboxylic acids is 1. The molecule has 0 unspecified atom stereocenters. The number of ether oxygens (including phenoxy) is 2. The fraction of sp³-hybridized carbons (Fsp3) is 0.364. The maximum absolute atomic E-state index is 11.2. The summed E-state index contributed by atoms with van der Waals surface area (Å²) in [7, 11) is 0. The topological polar surface area (TPSA) is 55.8 Å². The second-order valence-electron chi connectivity index (χ2n) is 3.53. The predicted molar refractivity (Wildman–Crippen MR) is 52.3 cm³/mol. The number of hydrogen-bond acceptors (Lipinski definition) is 3. The molecular weight excluding hydrogens is 196 g/mol. The Morgan fingerprint density at radius 1 is 1.47 bits per heavy atom. The van der Waals surface area contributed by atoms with Crippen molar-refractivity contribution in [1.29, 1.82) is 0 Å². The van der Waals surface area contributed by atoms with E-state index in [0.29, 0.717) is 12.2 Å². The van der Waals surface area contributed by atoms with E-state index in [0.717, 1.165) is 0 Å². The number of carbonyl (C=O) groups is 1. The van der Waals surface area contributed by atoms with Gasteiger partial charge in [0.05, 0.1) is 12.7 Å². The van der Waals surface area contributed by atoms with E-state index in [1.807, 2.05) is 6.07 Å². The SMILES string of the molecule is C[C@H]1CO[C@](C(=O)O)(c2ccccc2)O1. The van der Waals surface area contributed by atoms with Crippen LogP contribution in [0.5, 0.6) is 0 Å². The number of hydrogen-bond donors (Lipinski definition) is 1. The van der Waals surface area contributed by atoms with Crippen LogP contribution in [-0.4, -0.2) is 23.8 Å². The lowest BCUT2D eigenvalue weighted by atomic mass is 10.1. The lowest BCUT2D eigenvalue weighted by Gasteiger charge is -2.22. The summed E-state index contributed by atoms with van der Waals surface area (Å²) in [6, 6.07) is 8.71. The van der Waals surface area contributed by atoms with E-state index in [4.69, 9.17) is 9.47 Å². The fourth-order valence-corrected chi connectivity index (χ4v) is 1.63. The van der Waals surface area contributed by atoms with Gasteiger partial charge in [-0.3, -0.25) is 0 Å². The minimum atomic E-state index is -1.62. The van der Waals surface area contributed by atoms with Crippen LogP contribution in [0.25, 0.3) is 0 Å². The predicted octanol–water partition coefficient (Wildman–Crippen LogP) is 1.36. The molecular formula is C11H12O4. The molecule has 2 rings (SSSR count). The number of benzene rings is 1. The van der Waals surface area contributed by atoms with Crippen LogP contribution in [0.15, 0.2) is 30.3 Å². The van der Waals surface area contributed by atoms with E-state index in [1.54, 1.807) is 31.2 Å². The van der Waals surface area contributed by atoms with E-state index < -0.39 is 11.8 Å². The zero-order chi connectivity index (χ0) is 10.9. The summed E-state index contributed by atoms with van der Waals surface area (Å²) in [6.45, 7) is 2.08. The molecule has 15 heavy (non-hydrogen) atoms. The second-order valence-corrected chi connectivity index (χ2v) is 3.53. The van der Waals surface area contributed by atoms with E-state index in [-0.39, 0.29) is 6.10 Å².